The quantitative estimate of drug-likeness (QED) is 0.369. The maximum Gasteiger partial charge on any atom is 0.252 e. The van der Waals surface area contributed by atoms with Crippen LogP contribution in [0.3, 0.4) is 0 Å². The van der Waals surface area contributed by atoms with Crippen molar-refractivity contribution in [3.8, 4) is 5.75 Å². The fraction of sp³-hybridized carbons (Fsp3) is 0.517. The Morgan fingerprint density at radius 3 is 2.44 bits per heavy atom. The first-order valence-electron chi connectivity index (χ1n) is 13.3. The predicted molar refractivity (Wildman–Crippen MR) is 141 cm³/mol. The average Bonchev–Trinajstić information content (AvgIpc) is 3.60. The number of carbonyl (C=O) groups is 2. The van der Waals surface area contributed by atoms with Crippen LogP contribution in [-0.4, -0.2) is 79.7 Å². The van der Waals surface area contributed by atoms with Gasteiger partial charge in [-0.3, -0.25) is 19.4 Å². The van der Waals surface area contributed by atoms with Gasteiger partial charge in [-0.2, -0.15) is 0 Å². The van der Waals surface area contributed by atoms with E-state index in [4.69, 9.17) is 5.73 Å². The molecule has 0 spiro atoms. The maximum absolute atomic E-state index is 16.0. The Kier molecular flexibility index (Phi) is 6.25. The van der Waals surface area contributed by atoms with Gasteiger partial charge in [0.1, 0.15) is 23.1 Å². The van der Waals surface area contributed by atoms with Gasteiger partial charge in [0.25, 0.3) is 5.91 Å². The van der Waals surface area contributed by atoms with Crippen LogP contribution in [-0.2, 0) is 17.8 Å². The number of carbonyl (C=O) groups excluding carboxylic acids is 2. The van der Waals surface area contributed by atoms with Crippen molar-refractivity contribution in [2.24, 2.45) is 17.6 Å². The van der Waals surface area contributed by atoms with Gasteiger partial charge in [0, 0.05) is 40.3 Å². The van der Waals surface area contributed by atoms with Crippen LogP contribution in [0.1, 0.15) is 54.6 Å². The van der Waals surface area contributed by atoms with Gasteiger partial charge in [-0.1, -0.05) is 13.5 Å². The van der Waals surface area contributed by atoms with E-state index in [1.54, 1.807) is 19.0 Å². The van der Waals surface area contributed by atoms with E-state index < -0.39 is 52.3 Å². The SMILES string of the molecule is C=C1C(C(N)=O)=C(O)[C@@H](N(C)C)[C@@H]2C[C@@H]3Cc4c(F)c(CN(CC)C5(C)CC5)cc(O)c4C(=O)C3=C(O)[C@]12O. The van der Waals surface area contributed by atoms with E-state index in [9.17, 15) is 30.0 Å². The van der Waals surface area contributed by atoms with Gasteiger partial charge in [-0.25, -0.2) is 4.39 Å². The fourth-order valence-corrected chi connectivity index (χ4v) is 7.02. The van der Waals surface area contributed by atoms with Crippen LogP contribution in [0.5, 0.6) is 5.75 Å². The van der Waals surface area contributed by atoms with Crippen LogP contribution < -0.4 is 5.73 Å². The first-order chi connectivity index (χ1) is 18.2. The van der Waals surface area contributed by atoms with Gasteiger partial charge in [0.2, 0.25) is 0 Å². The molecule has 1 aromatic rings. The number of phenols is 1. The van der Waals surface area contributed by atoms with E-state index in [2.05, 4.69) is 18.4 Å². The van der Waals surface area contributed by atoms with Crippen LogP contribution in [0.4, 0.5) is 4.39 Å². The molecule has 1 fully saturated rings. The van der Waals surface area contributed by atoms with Crippen molar-refractivity contribution in [1.29, 1.82) is 0 Å². The van der Waals surface area contributed by atoms with Gasteiger partial charge >= 0.3 is 0 Å². The summed E-state index contributed by atoms with van der Waals surface area (Å²) < 4.78 is 16.0. The van der Waals surface area contributed by atoms with Gasteiger partial charge in [-0.05, 0) is 65.2 Å². The van der Waals surface area contributed by atoms with Crippen LogP contribution >= 0.6 is 0 Å². The fourth-order valence-electron chi connectivity index (χ4n) is 7.02. The number of aliphatic hydroxyl groups is 3. The molecule has 0 aromatic heterocycles. The minimum atomic E-state index is -2.28. The summed E-state index contributed by atoms with van der Waals surface area (Å²) in [6.45, 7) is 8.88. The molecule has 6 N–H and O–H groups in total. The van der Waals surface area contributed by atoms with E-state index in [0.29, 0.717) is 12.1 Å². The Labute approximate surface area is 226 Å². The molecular weight excluding hydrogens is 505 g/mol. The second-order valence-electron chi connectivity index (χ2n) is 11.8. The molecule has 0 saturated heterocycles. The zero-order valence-electron chi connectivity index (χ0n) is 22.7. The van der Waals surface area contributed by atoms with Crippen LogP contribution in [0, 0.1) is 17.7 Å². The summed E-state index contributed by atoms with van der Waals surface area (Å²) in [5.41, 5.74) is 2.46. The molecule has 39 heavy (non-hydrogen) atoms. The molecule has 5 rings (SSSR count). The molecule has 1 saturated carbocycles. The number of amides is 1. The molecule has 0 radical (unpaired) electrons. The first kappa shape index (κ1) is 27.4. The Morgan fingerprint density at radius 1 is 1.26 bits per heavy atom. The summed E-state index contributed by atoms with van der Waals surface area (Å²) in [5.74, 6) is -5.50. The van der Waals surface area contributed by atoms with Crippen LogP contribution in [0.15, 0.2) is 40.9 Å². The number of fused-ring (bicyclic) bond motifs is 3. The van der Waals surface area contributed by atoms with E-state index in [1.165, 1.54) is 6.07 Å². The van der Waals surface area contributed by atoms with Crippen LogP contribution in [0.2, 0.25) is 0 Å². The number of aliphatic hydroxyl groups excluding tert-OH is 2. The summed E-state index contributed by atoms with van der Waals surface area (Å²) >= 11 is 0. The van der Waals surface area contributed by atoms with Gasteiger partial charge < -0.3 is 26.2 Å². The number of hydrogen-bond donors (Lipinski definition) is 5. The van der Waals surface area contributed by atoms with Gasteiger partial charge in [0.15, 0.2) is 11.4 Å². The highest BCUT2D eigenvalue weighted by atomic mass is 19.1. The lowest BCUT2D eigenvalue weighted by Gasteiger charge is -2.52. The smallest absolute Gasteiger partial charge is 0.252 e. The first-order valence-corrected chi connectivity index (χ1v) is 13.3. The van der Waals surface area contributed by atoms with Crippen molar-refractivity contribution >= 4 is 11.7 Å². The molecular formula is C29H36FN3O6. The second-order valence-corrected chi connectivity index (χ2v) is 11.8. The predicted octanol–water partition coefficient (Wildman–Crippen LogP) is 2.62. The Morgan fingerprint density at radius 2 is 1.90 bits per heavy atom. The van der Waals surface area contributed by atoms with E-state index >= 15 is 4.39 Å². The van der Waals surface area contributed by atoms with E-state index in [-0.39, 0.29) is 58.7 Å². The topological polar surface area (TPSA) is 148 Å². The minimum absolute atomic E-state index is 0.00342. The van der Waals surface area contributed by atoms with Gasteiger partial charge in [0.05, 0.1) is 17.2 Å². The maximum atomic E-state index is 16.0. The number of ketones is 1. The normalized spacial score (nSPS) is 29.5. The van der Waals surface area contributed by atoms with Crippen LogP contribution in [0.25, 0.3) is 0 Å². The Hall–Kier alpha value is -3.21. The summed E-state index contributed by atoms with van der Waals surface area (Å²) in [5, 5.41) is 45.3. The van der Waals surface area contributed by atoms with E-state index in [0.717, 1.165) is 12.8 Å². The van der Waals surface area contributed by atoms with Crippen molar-refractivity contribution in [1.82, 2.24) is 9.80 Å². The lowest BCUT2D eigenvalue weighted by Crippen LogP contribution is -2.60. The number of aromatic hydroxyl groups is 1. The number of hydrogen-bond acceptors (Lipinski definition) is 8. The number of primary amides is 1. The summed E-state index contributed by atoms with van der Waals surface area (Å²) in [7, 11) is 3.27. The second kappa shape index (κ2) is 8.90. The third-order valence-corrected chi connectivity index (χ3v) is 9.40. The Bertz CT molecular complexity index is 1380. The minimum Gasteiger partial charge on any atom is -0.510 e. The molecule has 4 aliphatic carbocycles. The molecule has 0 heterocycles. The number of nitrogens with two attached hydrogens (primary N) is 1. The van der Waals surface area contributed by atoms with Crippen molar-refractivity contribution in [3.05, 3.63) is 63.4 Å². The number of allylic oxidation sites excluding steroid dienone is 1. The highest BCUT2D eigenvalue weighted by Gasteiger charge is 2.60. The molecule has 1 amide bonds. The lowest BCUT2D eigenvalue weighted by molar-refractivity contribution is -0.115. The van der Waals surface area contributed by atoms with Crippen molar-refractivity contribution < 1.29 is 34.4 Å². The molecule has 10 heteroatoms. The highest BCUT2D eigenvalue weighted by molar-refractivity contribution is 6.13. The Balaban J connectivity index is 1.63. The monoisotopic (exact) mass is 541 g/mol. The number of rotatable bonds is 6. The molecule has 4 atom stereocenters. The van der Waals surface area contributed by atoms with Crippen molar-refractivity contribution in [3.63, 3.8) is 0 Å². The number of Topliss-reactive ketones (excluding diaryl/α,β-unsaturated/α-hetero) is 1. The number of likely N-dealkylation sites (N-methyl/N-ethyl adjacent to an activating group) is 1. The number of halogens is 1. The summed E-state index contributed by atoms with van der Waals surface area (Å²) in [4.78, 5) is 29.7. The lowest BCUT2D eigenvalue weighted by atomic mass is 9.57. The average molecular weight is 542 g/mol. The third kappa shape index (κ3) is 3.76. The zero-order valence-corrected chi connectivity index (χ0v) is 22.7. The zero-order chi connectivity index (χ0) is 28.8. The van der Waals surface area contributed by atoms with Gasteiger partial charge in [-0.15, -0.1) is 0 Å². The summed E-state index contributed by atoms with van der Waals surface area (Å²) in [6, 6.07) is 0.331. The molecule has 4 aliphatic rings. The largest absolute Gasteiger partial charge is 0.510 e. The standard InChI is InChI=1S/C29H36FN3O6/c1-6-33(28(3)7-8-28)12-15-11-18(34)21-16(22(15)30)9-14-10-17-23(32(4)5)25(36)19(27(31)38)13(2)29(17,39)26(37)20(14)24(21)35/h11,14,17,23,34,36-37,39H,2,6-10,12H2,1,3-5H3,(H2,31,38)/t14-,17-,23-,29-/m0/s1. The molecule has 9 nitrogen and oxygen atoms in total. The van der Waals surface area contributed by atoms with Crippen molar-refractivity contribution in [2.75, 3.05) is 20.6 Å². The number of phenolic OH excluding ortho intramolecular Hbond substituents is 1. The highest BCUT2D eigenvalue weighted by Crippen LogP contribution is 2.55. The number of nitrogens with zero attached hydrogens (tertiary/aromatic N) is 2. The summed E-state index contributed by atoms with van der Waals surface area (Å²) in [6.07, 6.45) is 2.09. The van der Waals surface area contributed by atoms with E-state index in [1.807, 2.05) is 6.92 Å². The molecule has 210 valence electrons. The molecule has 0 unspecified atom stereocenters. The third-order valence-electron chi connectivity index (χ3n) is 9.40. The number of benzene rings is 1. The van der Waals surface area contributed by atoms with Crippen molar-refractivity contribution in [2.45, 2.75) is 63.3 Å². The molecule has 1 aromatic carbocycles. The molecule has 0 aliphatic heterocycles. The molecule has 0 bridgehead atoms.